The standard InChI is InChI=1S/C13H23NO2/c1-4-5-9-16-13(15)12-11(10(2)3)7-6-8-14-12/h11-12,14H,2,4-9H2,1,3H3/t11-,12+/m0/s1. The van der Waals surface area contributed by atoms with Crippen molar-refractivity contribution in [3.05, 3.63) is 12.2 Å². The van der Waals surface area contributed by atoms with Crippen LogP contribution in [0.5, 0.6) is 0 Å². The van der Waals surface area contributed by atoms with Crippen LogP contribution in [0.3, 0.4) is 0 Å². The Hall–Kier alpha value is -0.830. The maximum Gasteiger partial charge on any atom is 0.323 e. The van der Waals surface area contributed by atoms with Crippen LogP contribution in [0.15, 0.2) is 12.2 Å². The molecule has 92 valence electrons. The van der Waals surface area contributed by atoms with Gasteiger partial charge >= 0.3 is 5.97 Å². The Morgan fingerprint density at radius 2 is 2.31 bits per heavy atom. The molecular weight excluding hydrogens is 202 g/mol. The van der Waals surface area contributed by atoms with E-state index in [0.717, 1.165) is 37.8 Å². The number of hydrogen-bond donors (Lipinski definition) is 1. The molecule has 2 atom stereocenters. The van der Waals surface area contributed by atoms with Crippen LogP contribution >= 0.6 is 0 Å². The zero-order chi connectivity index (χ0) is 12.0. The van der Waals surface area contributed by atoms with Crippen LogP contribution < -0.4 is 5.32 Å². The highest BCUT2D eigenvalue weighted by Gasteiger charge is 2.31. The van der Waals surface area contributed by atoms with Gasteiger partial charge in [-0.25, -0.2) is 0 Å². The molecule has 0 amide bonds. The van der Waals surface area contributed by atoms with Gasteiger partial charge in [0.2, 0.25) is 0 Å². The molecule has 3 heteroatoms. The molecule has 0 spiro atoms. The Kier molecular flexibility index (Phi) is 5.53. The van der Waals surface area contributed by atoms with Crippen molar-refractivity contribution in [3.63, 3.8) is 0 Å². The quantitative estimate of drug-likeness (QED) is 0.443. The van der Waals surface area contributed by atoms with Gasteiger partial charge in [0, 0.05) is 5.92 Å². The molecule has 0 aromatic carbocycles. The molecule has 0 aromatic rings. The molecule has 1 rings (SSSR count). The topological polar surface area (TPSA) is 38.3 Å². The molecule has 1 fully saturated rings. The number of esters is 1. The van der Waals surface area contributed by atoms with Gasteiger partial charge in [0.1, 0.15) is 6.04 Å². The molecule has 1 aliphatic rings. The minimum atomic E-state index is -0.178. The molecular formula is C13H23NO2. The van der Waals surface area contributed by atoms with Crippen molar-refractivity contribution in [2.75, 3.05) is 13.2 Å². The van der Waals surface area contributed by atoms with Crippen molar-refractivity contribution in [2.45, 2.75) is 45.6 Å². The minimum Gasteiger partial charge on any atom is -0.465 e. The number of rotatable bonds is 5. The average molecular weight is 225 g/mol. The number of carbonyl (C=O) groups excluding carboxylic acids is 1. The second-order valence-electron chi connectivity index (χ2n) is 4.55. The molecule has 0 aromatic heterocycles. The van der Waals surface area contributed by atoms with Crippen LogP contribution in [0.2, 0.25) is 0 Å². The van der Waals surface area contributed by atoms with Gasteiger partial charge in [-0.1, -0.05) is 25.5 Å². The lowest BCUT2D eigenvalue weighted by molar-refractivity contribution is -0.148. The monoisotopic (exact) mass is 225 g/mol. The van der Waals surface area contributed by atoms with Crippen LogP contribution in [0.4, 0.5) is 0 Å². The number of unbranched alkanes of at least 4 members (excludes halogenated alkanes) is 1. The van der Waals surface area contributed by atoms with Crippen molar-refractivity contribution in [2.24, 2.45) is 5.92 Å². The fraction of sp³-hybridized carbons (Fsp3) is 0.769. The van der Waals surface area contributed by atoms with Gasteiger partial charge in [0.15, 0.2) is 0 Å². The summed E-state index contributed by atoms with van der Waals surface area (Å²) >= 11 is 0. The smallest absolute Gasteiger partial charge is 0.323 e. The van der Waals surface area contributed by atoms with Crippen molar-refractivity contribution in [1.29, 1.82) is 0 Å². The molecule has 1 saturated heterocycles. The molecule has 0 aliphatic carbocycles. The fourth-order valence-corrected chi connectivity index (χ4v) is 2.07. The molecule has 0 bridgehead atoms. The summed E-state index contributed by atoms with van der Waals surface area (Å²) in [6.45, 7) is 9.48. The first-order valence-electron chi connectivity index (χ1n) is 6.22. The van der Waals surface area contributed by atoms with E-state index >= 15 is 0 Å². The van der Waals surface area contributed by atoms with Gasteiger partial charge < -0.3 is 10.1 Å². The summed E-state index contributed by atoms with van der Waals surface area (Å²) in [5.41, 5.74) is 1.07. The van der Waals surface area contributed by atoms with E-state index in [1.54, 1.807) is 0 Å². The zero-order valence-corrected chi connectivity index (χ0v) is 10.4. The van der Waals surface area contributed by atoms with Gasteiger partial charge in [-0.15, -0.1) is 0 Å². The predicted molar refractivity (Wildman–Crippen MR) is 65.2 cm³/mol. The Bertz CT molecular complexity index is 250. The van der Waals surface area contributed by atoms with E-state index in [-0.39, 0.29) is 17.9 Å². The molecule has 0 saturated carbocycles. The largest absolute Gasteiger partial charge is 0.465 e. The van der Waals surface area contributed by atoms with Gasteiger partial charge in [0.25, 0.3) is 0 Å². The first kappa shape index (κ1) is 13.2. The van der Waals surface area contributed by atoms with Crippen molar-refractivity contribution < 1.29 is 9.53 Å². The first-order valence-corrected chi connectivity index (χ1v) is 6.22. The fourth-order valence-electron chi connectivity index (χ4n) is 2.07. The normalized spacial score (nSPS) is 25.1. The van der Waals surface area contributed by atoms with E-state index in [0.29, 0.717) is 6.61 Å². The second kappa shape index (κ2) is 6.69. The summed E-state index contributed by atoms with van der Waals surface area (Å²) in [6, 6.07) is -0.178. The van der Waals surface area contributed by atoms with Crippen LogP contribution in [0.1, 0.15) is 39.5 Å². The van der Waals surface area contributed by atoms with Crippen LogP contribution in [0.25, 0.3) is 0 Å². The number of carbonyl (C=O) groups is 1. The SMILES string of the molecule is C=C(C)[C@@H]1CCCN[C@H]1C(=O)OCCCC. The van der Waals surface area contributed by atoms with E-state index in [2.05, 4.69) is 18.8 Å². The van der Waals surface area contributed by atoms with E-state index in [1.165, 1.54) is 0 Å². The number of nitrogens with one attached hydrogen (secondary N) is 1. The first-order chi connectivity index (χ1) is 7.66. The van der Waals surface area contributed by atoms with Gasteiger partial charge in [-0.3, -0.25) is 4.79 Å². The summed E-state index contributed by atoms with van der Waals surface area (Å²) in [4.78, 5) is 11.9. The number of hydrogen-bond acceptors (Lipinski definition) is 3. The Labute approximate surface area is 98.2 Å². The Morgan fingerprint density at radius 1 is 1.56 bits per heavy atom. The summed E-state index contributed by atoms with van der Waals surface area (Å²) in [6.07, 6.45) is 4.14. The molecule has 16 heavy (non-hydrogen) atoms. The van der Waals surface area contributed by atoms with Crippen molar-refractivity contribution in [3.8, 4) is 0 Å². The lowest BCUT2D eigenvalue weighted by Gasteiger charge is -2.31. The van der Waals surface area contributed by atoms with Crippen LogP contribution in [0, 0.1) is 5.92 Å². The average Bonchev–Trinajstić information content (AvgIpc) is 2.29. The van der Waals surface area contributed by atoms with Crippen molar-refractivity contribution >= 4 is 5.97 Å². The molecule has 0 unspecified atom stereocenters. The van der Waals surface area contributed by atoms with Gasteiger partial charge in [-0.2, -0.15) is 0 Å². The third-order valence-electron chi connectivity index (χ3n) is 3.09. The maximum absolute atomic E-state index is 11.9. The summed E-state index contributed by atoms with van der Waals surface area (Å²) in [7, 11) is 0. The highest BCUT2D eigenvalue weighted by Crippen LogP contribution is 2.23. The van der Waals surface area contributed by atoms with Crippen LogP contribution in [-0.4, -0.2) is 25.2 Å². The number of piperidine rings is 1. The zero-order valence-electron chi connectivity index (χ0n) is 10.4. The third-order valence-corrected chi connectivity index (χ3v) is 3.09. The van der Waals surface area contributed by atoms with E-state index in [9.17, 15) is 4.79 Å². The van der Waals surface area contributed by atoms with E-state index in [4.69, 9.17) is 4.74 Å². The summed E-state index contributed by atoms with van der Waals surface area (Å²) in [5, 5.41) is 3.24. The van der Waals surface area contributed by atoms with E-state index < -0.39 is 0 Å². The highest BCUT2D eigenvalue weighted by molar-refractivity contribution is 5.76. The lowest BCUT2D eigenvalue weighted by Crippen LogP contribution is -2.48. The highest BCUT2D eigenvalue weighted by atomic mass is 16.5. The predicted octanol–water partition coefficient (Wildman–Crippen LogP) is 2.27. The van der Waals surface area contributed by atoms with Gasteiger partial charge in [-0.05, 0) is 32.7 Å². The van der Waals surface area contributed by atoms with Crippen molar-refractivity contribution in [1.82, 2.24) is 5.32 Å². The molecule has 1 heterocycles. The van der Waals surface area contributed by atoms with Crippen LogP contribution in [-0.2, 0) is 9.53 Å². The molecule has 3 nitrogen and oxygen atoms in total. The summed E-state index contributed by atoms with van der Waals surface area (Å²) in [5.74, 6) is 0.129. The minimum absolute atomic E-state index is 0.110. The molecule has 0 radical (unpaired) electrons. The molecule has 1 aliphatic heterocycles. The third kappa shape index (κ3) is 3.63. The molecule has 1 N–H and O–H groups in total. The number of ether oxygens (including phenoxy) is 1. The maximum atomic E-state index is 11.9. The van der Waals surface area contributed by atoms with Gasteiger partial charge in [0.05, 0.1) is 6.61 Å². The van der Waals surface area contributed by atoms with E-state index in [1.807, 2.05) is 6.92 Å². The summed E-state index contributed by atoms with van der Waals surface area (Å²) < 4.78 is 5.26. The lowest BCUT2D eigenvalue weighted by atomic mass is 9.86. The second-order valence-corrected chi connectivity index (χ2v) is 4.55. The Morgan fingerprint density at radius 3 is 2.94 bits per heavy atom. The Balaban J connectivity index is 2.47.